The van der Waals surface area contributed by atoms with E-state index in [9.17, 15) is 9.59 Å². The van der Waals surface area contributed by atoms with E-state index in [4.69, 9.17) is 14.9 Å². The number of carboxylic acid groups (broad SMARTS) is 2. The highest BCUT2D eigenvalue weighted by Gasteiger charge is 2.55. The third-order valence-electron chi connectivity index (χ3n) is 6.05. The van der Waals surface area contributed by atoms with E-state index in [1.807, 2.05) is 0 Å². The molecule has 4 atom stereocenters. The van der Waals surface area contributed by atoms with Gasteiger partial charge < -0.3 is 19.8 Å². The van der Waals surface area contributed by atoms with Gasteiger partial charge in [-0.3, -0.25) is 9.59 Å². The number of hydrogen-bond acceptors (Lipinski definition) is 4. The molecule has 2 rings (SSSR count). The van der Waals surface area contributed by atoms with Crippen LogP contribution >= 0.6 is 0 Å². The molecule has 2 fully saturated rings. The minimum atomic E-state index is -1.06. The first-order valence-electron chi connectivity index (χ1n) is 11.6. The molecule has 2 N–H and O–H groups in total. The molecule has 170 valence electrons. The Labute approximate surface area is 177 Å². The number of hydrogen-bond donors (Lipinski definition) is 2. The van der Waals surface area contributed by atoms with Crippen LogP contribution in [0.5, 0.6) is 0 Å². The van der Waals surface area contributed by atoms with Gasteiger partial charge in [0.25, 0.3) is 0 Å². The number of nitrogens with zero attached hydrogens (tertiary/aromatic N) is 1. The molecule has 2 aliphatic heterocycles. The van der Waals surface area contributed by atoms with Crippen molar-refractivity contribution in [2.24, 2.45) is 11.8 Å². The maximum atomic E-state index is 10.8. The molecule has 0 aromatic carbocycles. The summed E-state index contributed by atoms with van der Waals surface area (Å²) in [6.07, 6.45) is 16.4. The average Bonchev–Trinajstić information content (AvgIpc) is 3.28. The monoisotopic (exact) mass is 413 g/mol. The quantitative estimate of drug-likeness (QED) is 0.398. The summed E-state index contributed by atoms with van der Waals surface area (Å²) in [6, 6.07) is 0. The van der Waals surface area contributed by atoms with Gasteiger partial charge in [0.1, 0.15) is 0 Å². The van der Waals surface area contributed by atoms with Gasteiger partial charge in [0.15, 0.2) is 0 Å². The lowest BCUT2D eigenvalue weighted by Gasteiger charge is -2.20. The van der Waals surface area contributed by atoms with Crippen LogP contribution in [0.1, 0.15) is 90.4 Å². The summed E-state index contributed by atoms with van der Waals surface area (Å²) in [6.45, 7) is 3.55. The zero-order valence-corrected chi connectivity index (χ0v) is 18.8. The molecule has 0 aromatic heterocycles. The number of aliphatic carboxylic acids is 2. The van der Waals surface area contributed by atoms with Crippen LogP contribution in [0.15, 0.2) is 0 Å². The largest absolute Gasteiger partial charge is 0.481 e. The summed E-state index contributed by atoms with van der Waals surface area (Å²) in [7, 11) is 4.33. The molecular formula is C23H43NO5. The summed E-state index contributed by atoms with van der Waals surface area (Å²) in [5, 5.41) is 17.6. The molecule has 2 heterocycles. The van der Waals surface area contributed by atoms with Crippen molar-refractivity contribution in [1.29, 1.82) is 0 Å². The molecule has 6 nitrogen and oxygen atoms in total. The summed E-state index contributed by atoms with van der Waals surface area (Å²) >= 11 is 0. The van der Waals surface area contributed by atoms with Crippen molar-refractivity contribution >= 4 is 11.9 Å². The standard InChI is InChI=1S/C15H33N.C8H10O5/c1-4-5-6-7-8-9-10-11-12-13-14-15-16(2)3;9-7(10)5-3-1-2-4(13-3)6(5)8(11)12/h4-15H2,1-3H3;3-6H,1-2H2,(H,9,10)(H,11,12)/t;3-,4+,5-,6+. The van der Waals surface area contributed by atoms with Crippen LogP contribution in [-0.4, -0.2) is 59.9 Å². The predicted molar refractivity (Wildman–Crippen MR) is 115 cm³/mol. The van der Waals surface area contributed by atoms with Gasteiger partial charge in [-0.2, -0.15) is 0 Å². The Morgan fingerprint density at radius 3 is 1.48 bits per heavy atom. The second kappa shape index (κ2) is 14.8. The van der Waals surface area contributed by atoms with Gasteiger partial charge in [0, 0.05) is 0 Å². The summed E-state index contributed by atoms with van der Waals surface area (Å²) in [4.78, 5) is 23.8. The van der Waals surface area contributed by atoms with Gasteiger partial charge in [0.2, 0.25) is 0 Å². The second-order valence-electron chi connectivity index (χ2n) is 8.86. The number of ether oxygens (including phenoxy) is 1. The third-order valence-corrected chi connectivity index (χ3v) is 6.05. The van der Waals surface area contributed by atoms with E-state index >= 15 is 0 Å². The summed E-state index contributed by atoms with van der Waals surface area (Å²) in [5.41, 5.74) is 0. The topological polar surface area (TPSA) is 87.1 Å². The lowest BCUT2D eigenvalue weighted by molar-refractivity contribution is -0.154. The normalized spacial score (nSPS) is 25.1. The van der Waals surface area contributed by atoms with Crippen LogP contribution in [0.4, 0.5) is 0 Å². The Morgan fingerprint density at radius 1 is 0.759 bits per heavy atom. The van der Waals surface area contributed by atoms with Crippen LogP contribution in [0.2, 0.25) is 0 Å². The molecule has 0 radical (unpaired) electrons. The number of unbranched alkanes of at least 4 members (excludes halogenated alkanes) is 10. The van der Waals surface area contributed by atoms with Crippen molar-refractivity contribution in [3.63, 3.8) is 0 Å². The Kier molecular flexibility index (Phi) is 13.2. The first kappa shape index (κ1) is 25.9. The molecule has 2 aliphatic rings. The molecule has 0 spiro atoms. The second-order valence-corrected chi connectivity index (χ2v) is 8.86. The van der Waals surface area contributed by atoms with E-state index in [1.54, 1.807) is 0 Å². The number of fused-ring (bicyclic) bond motifs is 2. The van der Waals surface area contributed by atoms with Crippen molar-refractivity contribution in [1.82, 2.24) is 4.90 Å². The molecule has 29 heavy (non-hydrogen) atoms. The third kappa shape index (κ3) is 9.94. The van der Waals surface area contributed by atoms with Gasteiger partial charge in [0.05, 0.1) is 24.0 Å². The highest BCUT2D eigenvalue weighted by atomic mass is 16.5. The molecule has 6 heteroatoms. The van der Waals surface area contributed by atoms with Crippen molar-refractivity contribution in [3.8, 4) is 0 Å². The van der Waals surface area contributed by atoms with E-state index in [0.717, 1.165) is 0 Å². The highest BCUT2D eigenvalue weighted by molar-refractivity contribution is 5.82. The minimum absolute atomic E-state index is 0.386. The zero-order chi connectivity index (χ0) is 21.6. The van der Waals surface area contributed by atoms with Crippen LogP contribution < -0.4 is 0 Å². The first-order valence-corrected chi connectivity index (χ1v) is 11.6. The Bertz CT molecular complexity index is 442. The fourth-order valence-corrected chi connectivity index (χ4v) is 4.40. The first-order chi connectivity index (χ1) is 13.9. The maximum absolute atomic E-state index is 10.8. The predicted octanol–water partition coefficient (Wildman–Crippen LogP) is 4.81. The van der Waals surface area contributed by atoms with E-state index in [0.29, 0.717) is 12.8 Å². The van der Waals surface area contributed by atoms with E-state index in [2.05, 4.69) is 25.9 Å². The Hall–Kier alpha value is -1.14. The van der Waals surface area contributed by atoms with Crippen molar-refractivity contribution in [2.45, 2.75) is 103 Å². The fraction of sp³-hybridized carbons (Fsp3) is 0.913. The highest BCUT2D eigenvalue weighted by Crippen LogP contribution is 2.43. The van der Waals surface area contributed by atoms with Gasteiger partial charge in [-0.05, 0) is 39.9 Å². The molecule has 0 unspecified atom stereocenters. The molecule has 0 aliphatic carbocycles. The average molecular weight is 414 g/mol. The number of rotatable bonds is 14. The van der Waals surface area contributed by atoms with E-state index in [1.165, 1.54) is 77.2 Å². The maximum Gasteiger partial charge on any atom is 0.310 e. The van der Waals surface area contributed by atoms with Crippen LogP contribution in [0.3, 0.4) is 0 Å². The molecule has 2 saturated heterocycles. The molecule has 0 aromatic rings. The fourth-order valence-electron chi connectivity index (χ4n) is 4.40. The molecule has 0 saturated carbocycles. The van der Waals surface area contributed by atoms with Gasteiger partial charge in [-0.15, -0.1) is 0 Å². The Balaban J connectivity index is 0.000000294. The van der Waals surface area contributed by atoms with Gasteiger partial charge >= 0.3 is 11.9 Å². The molecule has 2 bridgehead atoms. The smallest absolute Gasteiger partial charge is 0.310 e. The van der Waals surface area contributed by atoms with Gasteiger partial charge in [-0.25, -0.2) is 0 Å². The van der Waals surface area contributed by atoms with Gasteiger partial charge in [-0.1, -0.05) is 71.1 Å². The van der Waals surface area contributed by atoms with E-state index in [-0.39, 0.29) is 12.2 Å². The van der Waals surface area contributed by atoms with E-state index < -0.39 is 23.8 Å². The van der Waals surface area contributed by atoms with Crippen LogP contribution in [0, 0.1) is 11.8 Å². The Morgan fingerprint density at radius 2 is 1.14 bits per heavy atom. The molecule has 0 amide bonds. The lowest BCUT2D eigenvalue weighted by atomic mass is 9.79. The lowest BCUT2D eigenvalue weighted by Crippen LogP contribution is -2.38. The molecular weight excluding hydrogens is 370 g/mol. The summed E-state index contributed by atoms with van der Waals surface area (Å²) in [5.74, 6) is -3.81. The van der Waals surface area contributed by atoms with Crippen LogP contribution in [-0.2, 0) is 14.3 Å². The van der Waals surface area contributed by atoms with Crippen molar-refractivity contribution < 1.29 is 24.5 Å². The SMILES string of the molecule is CCCCCCCCCCCCCN(C)C.O=C(O)[C@@H]1[C@H](C(=O)O)[C@H]2CC[C@@H]1O2. The number of carbonyl (C=O) groups is 2. The number of carboxylic acids is 2. The minimum Gasteiger partial charge on any atom is -0.481 e. The van der Waals surface area contributed by atoms with Crippen molar-refractivity contribution in [3.05, 3.63) is 0 Å². The van der Waals surface area contributed by atoms with Crippen LogP contribution in [0.25, 0.3) is 0 Å². The van der Waals surface area contributed by atoms with Crippen molar-refractivity contribution in [2.75, 3.05) is 20.6 Å². The zero-order valence-electron chi connectivity index (χ0n) is 18.8. The summed E-state index contributed by atoms with van der Waals surface area (Å²) < 4.78 is 5.26.